The van der Waals surface area contributed by atoms with Gasteiger partial charge in [0, 0.05) is 24.2 Å². The van der Waals surface area contributed by atoms with E-state index in [-0.39, 0.29) is 10.6 Å². The molecule has 0 bridgehead atoms. The van der Waals surface area contributed by atoms with Crippen LogP contribution >= 0.6 is 12.2 Å². The van der Waals surface area contributed by atoms with Gasteiger partial charge >= 0.3 is 0 Å². The molecule has 0 aliphatic rings. The quantitative estimate of drug-likeness (QED) is 0.813. The van der Waals surface area contributed by atoms with Gasteiger partial charge in [-0.1, -0.05) is 17.4 Å². The summed E-state index contributed by atoms with van der Waals surface area (Å²) < 4.78 is 18.6. The first kappa shape index (κ1) is 13.4. The number of rotatable bonds is 5. The molecule has 0 amide bonds. The van der Waals surface area contributed by atoms with E-state index >= 15 is 0 Å². The Morgan fingerprint density at radius 2 is 2.32 bits per heavy atom. The highest BCUT2D eigenvalue weighted by Gasteiger charge is 2.06. The van der Waals surface area contributed by atoms with E-state index in [9.17, 15) is 4.39 Å². The average molecular weight is 280 g/mol. The third-order valence-corrected chi connectivity index (χ3v) is 2.69. The lowest BCUT2D eigenvalue weighted by Gasteiger charge is -2.07. The summed E-state index contributed by atoms with van der Waals surface area (Å²) in [7, 11) is 0. The monoisotopic (exact) mass is 280 g/mol. The molecule has 0 atom stereocenters. The Labute approximate surface area is 115 Å². The summed E-state index contributed by atoms with van der Waals surface area (Å²) in [5.74, 6) is 0.707. The predicted molar refractivity (Wildman–Crippen MR) is 73.5 cm³/mol. The second kappa shape index (κ2) is 5.75. The lowest BCUT2D eigenvalue weighted by atomic mass is 10.2. The Kier molecular flexibility index (Phi) is 4.06. The van der Waals surface area contributed by atoms with Crippen LogP contribution < -0.4 is 11.1 Å². The van der Waals surface area contributed by atoms with Gasteiger partial charge in [-0.05, 0) is 25.1 Å². The molecule has 1 aromatic carbocycles. The molecule has 0 fully saturated rings. The fourth-order valence-electron chi connectivity index (χ4n) is 1.58. The molecule has 0 aliphatic heterocycles. The lowest BCUT2D eigenvalue weighted by Crippen LogP contribution is -2.12. The van der Waals surface area contributed by atoms with Crippen LogP contribution in [0.15, 0.2) is 22.7 Å². The van der Waals surface area contributed by atoms with Crippen LogP contribution in [-0.4, -0.2) is 21.7 Å². The minimum absolute atomic E-state index is 0.0467. The third-order valence-electron chi connectivity index (χ3n) is 2.47. The molecule has 3 N–H and O–H groups in total. The molecule has 0 aliphatic carbocycles. The van der Waals surface area contributed by atoms with Crippen LogP contribution in [0.1, 0.15) is 17.3 Å². The van der Waals surface area contributed by atoms with Gasteiger partial charge in [0.2, 0.25) is 5.89 Å². The number of hydrogen-bond donors (Lipinski definition) is 2. The number of nitrogens with zero attached hydrogens (tertiary/aromatic N) is 2. The molecule has 7 heteroatoms. The molecule has 1 aromatic heterocycles. The molecule has 0 unspecified atom stereocenters. The molecule has 2 rings (SSSR count). The van der Waals surface area contributed by atoms with Gasteiger partial charge < -0.3 is 15.6 Å². The van der Waals surface area contributed by atoms with E-state index in [1.54, 1.807) is 19.1 Å². The number of thiocarbonyl (C=S) groups is 1. The Hall–Kier alpha value is -2.02. The minimum Gasteiger partial charge on any atom is -0.389 e. The number of benzene rings is 1. The normalized spacial score (nSPS) is 10.4. The zero-order chi connectivity index (χ0) is 13.8. The van der Waals surface area contributed by atoms with Crippen molar-refractivity contribution in [3.05, 3.63) is 41.3 Å². The number of nitrogens with one attached hydrogen (secondary N) is 1. The zero-order valence-electron chi connectivity index (χ0n) is 10.3. The smallest absolute Gasteiger partial charge is 0.228 e. The second-order valence-electron chi connectivity index (χ2n) is 3.97. The molecule has 0 radical (unpaired) electrons. The van der Waals surface area contributed by atoms with Crippen molar-refractivity contribution >= 4 is 22.9 Å². The number of nitrogens with two attached hydrogens (primary N) is 1. The number of aryl methyl sites for hydroxylation is 1. The Morgan fingerprint density at radius 3 is 2.89 bits per heavy atom. The van der Waals surface area contributed by atoms with Crippen molar-refractivity contribution < 1.29 is 8.91 Å². The highest BCUT2D eigenvalue weighted by Crippen LogP contribution is 2.14. The van der Waals surface area contributed by atoms with Gasteiger partial charge in [-0.3, -0.25) is 0 Å². The summed E-state index contributed by atoms with van der Waals surface area (Å²) >= 11 is 4.74. The summed E-state index contributed by atoms with van der Waals surface area (Å²) in [6.07, 6.45) is 0.569. The standard InChI is InChI=1S/C12H13FN4OS/c1-7-16-11(18-17-7)4-5-15-8-2-3-9(12(14)19)10(13)6-8/h2-3,6,15H,4-5H2,1H3,(H2,14,19). The van der Waals surface area contributed by atoms with Crippen LogP contribution in [0.4, 0.5) is 10.1 Å². The predicted octanol–water partition coefficient (Wildman–Crippen LogP) is 1.81. The van der Waals surface area contributed by atoms with E-state index in [1.807, 2.05) is 0 Å². The molecular weight excluding hydrogens is 267 g/mol. The topological polar surface area (TPSA) is 77.0 Å². The fraction of sp³-hybridized carbons (Fsp3) is 0.250. The van der Waals surface area contributed by atoms with Crippen LogP contribution in [0.3, 0.4) is 0 Å². The van der Waals surface area contributed by atoms with Crippen LogP contribution in [-0.2, 0) is 6.42 Å². The molecule has 100 valence electrons. The largest absolute Gasteiger partial charge is 0.389 e. The highest BCUT2D eigenvalue weighted by atomic mass is 32.1. The molecule has 0 saturated heterocycles. The molecule has 0 spiro atoms. The molecule has 2 aromatic rings. The average Bonchev–Trinajstić information content (AvgIpc) is 2.75. The fourth-order valence-corrected chi connectivity index (χ4v) is 1.75. The summed E-state index contributed by atoms with van der Waals surface area (Å²) in [6.45, 7) is 2.32. The Morgan fingerprint density at radius 1 is 1.53 bits per heavy atom. The lowest BCUT2D eigenvalue weighted by molar-refractivity contribution is 0.377. The molecule has 19 heavy (non-hydrogen) atoms. The van der Waals surface area contributed by atoms with E-state index in [0.29, 0.717) is 30.4 Å². The van der Waals surface area contributed by atoms with Crippen LogP contribution in [0.2, 0.25) is 0 Å². The van der Waals surface area contributed by atoms with E-state index in [2.05, 4.69) is 15.5 Å². The first-order valence-electron chi connectivity index (χ1n) is 5.68. The number of anilines is 1. The molecular formula is C12H13FN4OS. The summed E-state index contributed by atoms with van der Waals surface area (Å²) in [5.41, 5.74) is 6.28. The van der Waals surface area contributed by atoms with E-state index in [0.717, 1.165) is 0 Å². The first-order chi connectivity index (χ1) is 9.06. The SMILES string of the molecule is Cc1noc(CCNc2ccc(C(N)=S)c(F)c2)n1. The maximum Gasteiger partial charge on any atom is 0.228 e. The maximum absolute atomic E-state index is 13.6. The summed E-state index contributed by atoms with van der Waals surface area (Å²) in [5, 5.41) is 6.74. The van der Waals surface area contributed by atoms with E-state index in [4.69, 9.17) is 22.5 Å². The summed E-state index contributed by atoms with van der Waals surface area (Å²) in [6, 6.07) is 4.63. The molecule has 5 nitrogen and oxygen atoms in total. The van der Waals surface area contributed by atoms with Gasteiger partial charge in [0.1, 0.15) is 10.8 Å². The van der Waals surface area contributed by atoms with Crippen molar-refractivity contribution in [2.75, 3.05) is 11.9 Å². The van der Waals surface area contributed by atoms with Gasteiger partial charge in [0.15, 0.2) is 5.82 Å². The number of aromatic nitrogens is 2. The molecule has 1 heterocycles. The maximum atomic E-state index is 13.6. The van der Waals surface area contributed by atoms with Gasteiger partial charge in [-0.25, -0.2) is 4.39 Å². The Balaban J connectivity index is 1.93. The minimum atomic E-state index is -0.439. The van der Waals surface area contributed by atoms with Crippen LogP contribution in [0.5, 0.6) is 0 Å². The van der Waals surface area contributed by atoms with E-state index < -0.39 is 5.82 Å². The van der Waals surface area contributed by atoms with Gasteiger partial charge in [-0.15, -0.1) is 0 Å². The second-order valence-corrected chi connectivity index (χ2v) is 4.41. The summed E-state index contributed by atoms with van der Waals surface area (Å²) in [4.78, 5) is 4.12. The van der Waals surface area contributed by atoms with Crippen LogP contribution in [0.25, 0.3) is 0 Å². The van der Waals surface area contributed by atoms with Crippen molar-refractivity contribution in [3.63, 3.8) is 0 Å². The van der Waals surface area contributed by atoms with Crippen molar-refractivity contribution in [1.29, 1.82) is 0 Å². The zero-order valence-corrected chi connectivity index (χ0v) is 11.1. The first-order valence-corrected chi connectivity index (χ1v) is 6.09. The van der Waals surface area contributed by atoms with Crippen molar-refractivity contribution in [1.82, 2.24) is 10.1 Å². The van der Waals surface area contributed by atoms with Gasteiger partial charge in [-0.2, -0.15) is 4.98 Å². The van der Waals surface area contributed by atoms with Crippen LogP contribution in [0, 0.1) is 12.7 Å². The van der Waals surface area contributed by atoms with Gasteiger partial charge in [0.05, 0.1) is 0 Å². The number of halogens is 1. The van der Waals surface area contributed by atoms with Crippen molar-refractivity contribution in [3.8, 4) is 0 Å². The highest BCUT2D eigenvalue weighted by molar-refractivity contribution is 7.80. The van der Waals surface area contributed by atoms with E-state index in [1.165, 1.54) is 6.07 Å². The number of hydrogen-bond acceptors (Lipinski definition) is 5. The van der Waals surface area contributed by atoms with Crippen molar-refractivity contribution in [2.45, 2.75) is 13.3 Å². The third kappa shape index (κ3) is 3.47. The van der Waals surface area contributed by atoms with Gasteiger partial charge in [0.25, 0.3) is 0 Å². The molecule has 0 saturated carbocycles. The Bertz CT molecular complexity index is 599. The van der Waals surface area contributed by atoms with Crippen molar-refractivity contribution in [2.24, 2.45) is 5.73 Å².